The maximum Gasteiger partial charge on any atom is 0.410 e. The van der Waals surface area contributed by atoms with Crippen LogP contribution >= 0.6 is 23.1 Å². The van der Waals surface area contributed by atoms with Crippen molar-refractivity contribution in [3.05, 3.63) is 40.3 Å². The summed E-state index contributed by atoms with van der Waals surface area (Å²) < 4.78 is 10.9. The lowest BCUT2D eigenvalue weighted by Gasteiger charge is -2.30. The molecule has 2 heterocycles. The van der Waals surface area contributed by atoms with Gasteiger partial charge < -0.3 is 25.0 Å². The fraction of sp³-hybridized carbons (Fsp3) is 0.562. The van der Waals surface area contributed by atoms with Gasteiger partial charge in [-0.05, 0) is 77.1 Å². The predicted molar refractivity (Wildman–Crippen MR) is 171 cm³/mol. The highest BCUT2D eigenvalue weighted by molar-refractivity contribution is 8.00. The highest BCUT2D eigenvalue weighted by Gasteiger charge is 2.33. The van der Waals surface area contributed by atoms with Crippen LogP contribution in [0.15, 0.2) is 29.2 Å². The van der Waals surface area contributed by atoms with Gasteiger partial charge in [0.15, 0.2) is 0 Å². The van der Waals surface area contributed by atoms with Crippen LogP contribution in [0.25, 0.3) is 0 Å². The van der Waals surface area contributed by atoms with Crippen molar-refractivity contribution in [1.29, 1.82) is 0 Å². The Morgan fingerprint density at radius 1 is 1.09 bits per heavy atom. The van der Waals surface area contributed by atoms with Crippen molar-refractivity contribution in [2.45, 2.75) is 102 Å². The molecule has 9 nitrogen and oxygen atoms in total. The summed E-state index contributed by atoms with van der Waals surface area (Å²) in [6.45, 7) is 10.1. The van der Waals surface area contributed by atoms with E-state index in [1.165, 1.54) is 29.5 Å². The molecule has 1 aromatic carbocycles. The number of ether oxygens (including phenoxy) is 2. The van der Waals surface area contributed by atoms with E-state index in [4.69, 9.17) is 9.47 Å². The topological polar surface area (TPSA) is 114 Å². The van der Waals surface area contributed by atoms with E-state index in [0.717, 1.165) is 46.7 Å². The molecule has 1 fully saturated rings. The van der Waals surface area contributed by atoms with Gasteiger partial charge in [-0.1, -0.05) is 32.3 Å². The second-order valence-corrected chi connectivity index (χ2v) is 14.3. The Morgan fingerprint density at radius 3 is 2.51 bits per heavy atom. The summed E-state index contributed by atoms with van der Waals surface area (Å²) >= 11 is 2.72. The summed E-state index contributed by atoms with van der Waals surface area (Å²) in [5.74, 6) is -0.592. The van der Waals surface area contributed by atoms with E-state index >= 15 is 0 Å². The third-order valence-corrected chi connectivity index (χ3v) is 9.93. The first-order valence-electron chi connectivity index (χ1n) is 15.2. The number of anilines is 2. The molecule has 0 radical (unpaired) electrons. The second-order valence-electron chi connectivity index (χ2n) is 11.9. The number of hydrogen-bond acceptors (Lipinski definition) is 8. The van der Waals surface area contributed by atoms with E-state index in [9.17, 15) is 19.2 Å². The van der Waals surface area contributed by atoms with Crippen LogP contribution in [0.3, 0.4) is 0 Å². The summed E-state index contributed by atoms with van der Waals surface area (Å²) in [6, 6.07) is 7.58. The molecule has 0 saturated heterocycles. The summed E-state index contributed by atoms with van der Waals surface area (Å²) in [6.07, 6.45) is 5.84. The molecule has 43 heavy (non-hydrogen) atoms. The molecule has 234 valence electrons. The van der Waals surface area contributed by atoms with Crippen LogP contribution in [0.1, 0.15) is 93.9 Å². The maximum atomic E-state index is 13.6. The van der Waals surface area contributed by atoms with Crippen molar-refractivity contribution in [1.82, 2.24) is 4.90 Å². The number of carbonyl (C=O) groups is 4. The van der Waals surface area contributed by atoms with Crippen LogP contribution in [0.4, 0.5) is 15.5 Å². The van der Waals surface area contributed by atoms with Gasteiger partial charge >= 0.3 is 12.1 Å². The SMILES string of the molecule is CCOC(=O)c1c(NC(=O)C(CC)Sc2cccc(NC(=O)C3CCCCC3)c2)sc2c1CCN(C(=O)OC(C)(C)C)C2. The second kappa shape index (κ2) is 14.6. The van der Waals surface area contributed by atoms with E-state index in [0.29, 0.717) is 36.5 Å². The summed E-state index contributed by atoms with van der Waals surface area (Å²) in [4.78, 5) is 55.4. The van der Waals surface area contributed by atoms with Crippen LogP contribution < -0.4 is 10.6 Å². The molecule has 4 rings (SSSR count). The Morgan fingerprint density at radius 2 is 1.84 bits per heavy atom. The predicted octanol–water partition coefficient (Wildman–Crippen LogP) is 7.25. The van der Waals surface area contributed by atoms with E-state index < -0.39 is 22.9 Å². The number of nitrogens with zero attached hydrogens (tertiary/aromatic N) is 1. The Kier molecular flexibility index (Phi) is 11.2. The number of hydrogen-bond donors (Lipinski definition) is 2. The molecule has 1 aliphatic heterocycles. The summed E-state index contributed by atoms with van der Waals surface area (Å²) in [7, 11) is 0. The van der Waals surface area contributed by atoms with E-state index in [-0.39, 0.29) is 24.3 Å². The van der Waals surface area contributed by atoms with Crippen LogP contribution in [0.2, 0.25) is 0 Å². The number of fused-ring (bicyclic) bond motifs is 1. The van der Waals surface area contributed by atoms with Gasteiger partial charge in [-0.3, -0.25) is 9.59 Å². The van der Waals surface area contributed by atoms with Crippen LogP contribution in [0, 0.1) is 5.92 Å². The lowest BCUT2D eigenvalue weighted by molar-refractivity contribution is -0.120. The van der Waals surface area contributed by atoms with Crippen molar-refractivity contribution < 1.29 is 28.7 Å². The standard InChI is InChI=1S/C32H43N3O6S2/c1-6-24(42-22-15-11-14-21(18-22)33-27(36)20-12-9-8-10-13-20)28(37)34-29-26(30(38)40-7-2)23-16-17-35(19-25(23)43-29)31(39)41-32(3,4)5/h11,14-15,18,20,24H,6-10,12-13,16-17,19H2,1-5H3,(H,33,36)(H,34,37). The number of thioether (sulfide) groups is 1. The molecule has 1 aromatic heterocycles. The van der Waals surface area contributed by atoms with Crippen LogP contribution in [-0.2, 0) is 32.0 Å². The van der Waals surface area contributed by atoms with Gasteiger partial charge in [-0.25, -0.2) is 9.59 Å². The third-order valence-electron chi connectivity index (χ3n) is 7.44. The van der Waals surface area contributed by atoms with Crippen molar-refractivity contribution in [2.75, 3.05) is 23.8 Å². The number of amides is 3. The van der Waals surface area contributed by atoms with Gasteiger partial charge in [0.2, 0.25) is 11.8 Å². The van der Waals surface area contributed by atoms with Gasteiger partial charge in [-0.15, -0.1) is 23.1 Å². The zero-order valence-electron chi connectivity index (χ0n) is 25.7. The minimum absolute atomic E-state index is 0.0562. The minimum Gasteiger partial charge on any atom is -0.462 e. The van der Waals surface area contributed by atoms with Gasteiger partial charge in [0.05, 0.1) is 24.0 Å². The molecule has 1 unspecified atom stereocenters. The molecule has 11 heteroatoms. The average Bonchev–Trinajstić information content (AvgIpc) is 3.32. The third kappa shape index (κ3) is 8.75. The maximum absolute atomic E-state index is 13.6. The average molecular weight is 630 g/mol. The fourth-order valence-electron chi connectivity index (χ4n) is 5.33. The van der Waals surface area contributed by atoms with Crippen LogP contribution in [0.5, 0.6) is 0 Å². The molecular formula is C32H43N3O6S2. The molecule has 0 spiro atoms. The van der Waals surface area contributed by atoms with Gasteiger partial charge in [0.1, 0.15) is 10.6 Å². The first-order valence-corrected chi connectivity index (χ1v) is 16.9. The van der Waals surface area contributed by atoms with E-state index in [1.54, 1.807) is 11.8 Å². The van der Waals surface area contributed by atoms with Crippen molar-refractivity contribution >= 4 is 57.7 Å². The molecule has 2 N–H and O–H groups in total. The van der Waals surface area contributed by atoms with E-state index in [2.05, 4.69) is 10.6 Å². The monoisotopic (exact) mass is 629 g/mol. The smallest absolute Gasteiger partial charge is 0.410 e. The molecule has 1 saturated carbocycles. The zero-order chi connectivity index (χ0) is 31.1. The highest BCUT2D eigenvalue weighted by Crippen LogP contribution is 2.39. The first-order chi connectivity index (χ1) is 20.5. The Labute approximate surface area is 262 Å². The lowest BCUT2D eigenvalue weighted by atomic mass is 9.88. The number of nitrogens with one attached hydrogen (secondary N) is 2. The largest absolute Gasteiger partial charge is 0.462 e. The Hall–Kier alpha value is -3.05. The molecular weight excluding hydrogens is 587 g/mol. The molecule has 0 bridgehead atoms. The van der Waals surface area contributed by atoms with Gasteiger partial charge in [-0.2, -0.15) is 0 Å². The molecule has 2 aliphatic rings. The number of benzene rings is 1. The summed E-state index contributed by atoms with van der Waals surface area (Å²) in [5.41, 5.74) is 1.28. The first kappa shape index (κ1) is 32.9. The molecule has 2 aromatic rings. The highest BCUT2D eigenvalue weighted by atomic mass is 32.2. The molecule has 3 amide bonds. The van der Waals surface area contributed by atoms with Crippen molar-refractivity contribution in [3.63, 3.8) is 0 Å². The Bertz CT molecular complexity index is 1330. The summed E-state index contributed by atoms with van der Waals surface area (Å²) in [5, 5.41) is 6.06. The fourth-order valence-corrected chi connectivity index (χ4v) is 7.60. The van der Waals surface area contributed by atoms with Crippen molar-refractivity contribution in [2.24, 2.45) is 5.92 Å². The van der Waals surface area contributed by atoms with E-state index in [1.807, 2.05) is 52.0 Å². The number of thiophene rings is 1. The van der Waals surface area contributed by atoms with Crippen molar-refractivity contribution in [3.8, 4) is 0 Å². The Balaban J connectivity index is 1.47. The number of carbonyl (C=O) groups excluding carboxylic acids is 4. The quantitative estimate of drug-likeness (QED) is 0.222. The van der Waals surface area contributed by atoms with Crippen LogP contribution in [-0.4, -0.2) is 52.8 Å². The number of esters is 1. The van der Waals surface area contributed by atoms with Gasteiger partial charge in [0, 0.05) is 27.9 Å². The molecule has 1 aliphatic carbocycles. The lowest BCUT2D eigenvalue weighted by Crippen LogP contribution is -2.39. The molecule has 1 atom stereocenters. The van der Waals surface area contributed by atoms with Gasteiger partial charge in [0.25, 0.3) is 0 Å². The minimum atomic E-state index is -0.616. The number of rotatable bonds is 9. The normalized spacial score (nSPS) is 16.2. The zero-order valence-corrected chi connectivity index (χ0v) is 27.4.